The van der Waals surface area contributed by atoms with Crippen molar-refractivity contribution >= 4 is 5.97 Å². The van der Waals surface area contributed by atoms with Gasteiger partial charge in [-0.2, -0.15) is 0 Å². The van der Waals surface area contributed by atoms with Crippen molar-refractivity contribution < 1.29 is 28.2 Å². The van der Waals surface area contributed by atoms with Gasteiger partial charge in [-0.3, -0.25) is 4.79 Å². The van der Waals surface area contributed by atoms with Crippen LogP contribution in [0, 0.1) is 0 Å². The maximum Gasteiger partial charge on any atom is 0.309 e. The van der Waals surface area contributed by atoms with E-state index < -0.39 is 24.5 Å². The van der Waals surface area contributed by atoms with E-state index in [4.69, 9.17) is 14.6 Å². The fourth-order valence-electron chi connectivity index (χ4n) is 1.33. The normalized spacial score (nSPS) is 10.4. The number of halogens is 2. The SMILES string of the molecule is COc1cc(CC(=O)O)nc(C(F)F)c1OC. The molecule has 1 aromatic heterocycles. The lowest BCUT2D eigenvalue weighted by Gasteiger charge is -2.12. The fourth-order valence-corrected chi connectivity index (χ4v) is 1.33. The first-order valence-corrected chi connectivity index (χ1v) is 4.61. The summed E-state index contributed by atoms with van der Waals surface area (Å²) in [5.74, 6) is -1.31. The molecule has 0 saturated heterocycles. The molecule has 0 bridgehead atoms. The summed E-state index contributed by atoms with van der Waals surface area (Å²) >= 11 is 0. The molecule has 0 saturated carbocycles. The van der Waals surface area contributed by atoms with Gasteiger partial charge >= 0.3 is 5.97 Å². The number of rotatable bonds is 5. The average Bonchev–Trinajstić information content (AvgIpc) is 2.26. The number of alkyl halides is 2. The van der Waals surface area contributed by atoms with Crippen LogP contribution in [0.3, 0.4) is 0 Å². The predicted molar refractivity (Wildman–Crippen MR) is 53.6 cm³/mol. The van der Waals surface area contributed by atoms with Gasteiger partial charge in [-0.05, 0) is 0 Å². The summed E-state index contributed by atoms with van der Waals surface area (Å²) in [4.78, 5) is 14.1. The first-order chi connectivity index (χ1) is 7.99. The largest absolute Gasteiger partial charge is 0.493 e. The molecule has 5 nitrogen and oxygen atoms in total. The molecule has 0 atom stereocenters. The zero-order valence-electron chi connectivity index (χ0n) is 9.24. The van der Waals surface area contributed by atoms with Crippen molar-refractivity contribution in [3.05, 3.63) is 17.5 Å². The van der Waals surface area contributed by atoms with Crippen molar-refractivity contribution in [1.82, 2.24) is 4.98 Å². The van der Waals surface area contributed by atoms with Crippen molar-refractivity contribution in [3.63, 3.8) is 0 Å². The highest BCUT2D eigenvalue weighted by molar-refractivity contribution is 5.70. The summed E-state index contributed by atoms with van der Waals surface area (Å²) in [5.41, 5.74) is -0.631. The number of aromatic nitrogens is 1. The number of aliphatic carboxylic acids is 1. The summed E-state index contributed by atoms with van der Waals surface area (Å²) in [6, 6.07) is 1.26. The van der Waals surface area contributed by atoms with E-state index in [1.54, 1.807) is 0 Å². The maximum absolute atomic E-state index is 12.7. The Balaban J connectivity index is 3.29. The molecule has 1 heterocycles. The molecule has 0 aliphatic carbocycles. The second kappa shape index (κ2) is 5.42. The molecule has 0 aliphatic heterocycles. The van der Waals surface area contributed by atoms with Crippen molar-refractivity contribution in [2.24, 2.45) is 0 Å². The van der Waals surface area contributed by atoms with Gasteiger partial charge in [-0.1, -0.05) is 0 Å². The highest BCUT2D eigenvalue weighted by atomic mass is 19.3. The number of nitrogens with zero attached hydrogens (tertiary/aromatic N) is 1. The first kappa shape index (κ1) is 13.1. The third-order valence-corrected chi connectivity index (χ3v) is 1.98. The molecule has 7 heteroatoms. The number of hydrogen-bond acceptors (Lipinski definition) is 4. The molecule has 0 aliphatic rings. The van der Waals surface area contributed by atoms with Crippen molar-refractivity contribution in [1.29, 1.82) is 0 Å². The second-order valence-electron chi connectivity index (χ2n) is 3.11. The van der Waals surface area contributed by atoms with Gasteiger partial charge < -0.3 is 14.6 Å². The van der Waals surface area contributed by atoms with Crippen LogP contribution in [-0.2, 0) is 11.2 Å². The minimum atomic E-state index is -2.87. The molecule has 94 valence electrons. The van der Waals surface area contributed by atoms with Crippen LogP contribution in [-0.4, -0.2) is 30.3 Å². The standard InChI is InChI=1S/C10H11F2NO4/c1-16-6-3-5(4-7(14)15)13-8(10(11)12)9(6)17-2/h3,10H,4H2,1-2H3,(H,14,15). The number of carboxylic acids is 1. The van der Waals surface area contributed by atoms with Gasteiger partial charge in [0, 0.05) is 6.07 Å². The predicted octanol–water partition coefficient (Wildman–Crippen LogP) is 1.66. The van der Waals surface area contributed by atoms with Gasteiger partial charge in [0.05, 0.1) is 26.3 Å². The van der Waals surface area contributed by atoms with Gasteiger partial charge in [0.15, 0.2) is 17.2 Å². The average molecular weight is 247 g/mol. The topological polar surface area (TPSA) is 68.7 Å². The molecular weight excluding hydrogens is 236 g/mol. The Morgan fingerprint density at radius 3 is 2.53 bits per heavy atom. The van der Waals surface area contributed by atoms with Crippen LogP contribution in [0.5, 0.6) is 11.5 Å². The zero-order chi connectivity index (χ0) is 13.0. The van der Waals surface area contributed by atoms with Gasteiger partial charge in [-0.15, -0.1) is 0 Å². The van der Waals surface area contributed by atoms with Crippen LogP contribution in [0.15, 0.2) is 6.07 Å². The summed E-state index contributed by atoms with van der Waals surface area (Å²) in [7, 11) is 2.49. The lowest BCUT2D eigenvalue weighted by molar-refractivity contribution is -0.136. The fraction of sp³-hybridized carbons (Fsp3) is 0.400. The Hall–Kier alpha value is -1.92. The van der Waals surface area contributed by atoms with Crippen LogP contribution in [0.4, 0.5) is 8.78 Å². The highest BCUT2D eigenvalue weighted by Crippen LogP contribution is 2.36. The van der Waals surface area contributed by atoms with E-state index in [1.165, 1.54) is 20.3 Å². The number of hydrogen-bond donors (Lipinski definition) is 1. The molecule has 0 amide bonds. The Labute approximate surface area is 96.0 Å². The summed E-state index contributed by atoms with van der Waals surface area (Å²) in [5, 5.41) is 8.59. The highest BCUT2D eigenvalue weighted by Gasteiger charge is 2.22. The van der Waals surface area contributed by atoms with Gasteiger partial charge in [-0.25, -0.2) is 13.8 Å². The third-order valence-electron chi connectivity index (χ3n) is 1.98. The zero-order valence-corrected chi connectivity index (χ0v) is 9.24. The van der Waals surface area contributed by atoms with E-state index in [0.29, 0.717) is 0 Å². The lowest BCUT2D eigenvalue weighted by atomic mass is 10.2. The monoisotopic (exact) mass is 247 g/mol. The van der Waals surface area contributed by atoms with Gasteiger partial charge in [0.1, 0.15) is 0 Å². The van der Waals surface area contributed by atoms with E-state index >= 15 is 0 Å². The van der Waals surface area contributed by atoms with Crippen molar-refractivity contribution in [2.75, 3.05) is 14.2 Å². The van der Waals surface area contributed by atoms with Gasteiger partial charge in [0.2, 0.25) is 0 Å². The molecular formula is C10H11F2NO4. The molecule has 0 radical (unpaired) electrons. The smallest absolute Gasteiger partial charge is 0.309 e. The molecule has 0 unspecified atom stereocenters. The Kier molecular flexibility index (Phi) is 4.19. The summed E-state index contributed by atoms with van der Waals surface area (Å²) in [6.45, 7) is 0. The van der Waals surface area contributed by atoms with Crippen LogP contribution in [0.25, 0.3) is 0 Å². The molecule has 1 aromatic rings. The van der Waals surface area contributed by atoms with Crippen LogP contribution in [0.2, 0.25) is 0 Å². The Bertz CT molecular complexity index is 423. The third kappa shape index (κ3) is 3.02. The van der Waals surface area contributed by atoms with E-state index in [9.17, 15) is 13.6 Å². The Morgan fingerprint density at radius 1 is 1.47 bits per heavy atom. The minimum Gasteiger partial charge on any atom is -0.493 e. The maximum atomic E-state index is 12.7. The van der Waals surface area contributed by atoms with Crippen LogP contribution >= 0.6 is 0 Å². The van der Waals surface area contributed by atoms with Crippen molar-refractivity contribution in [2.45, 2.75) is 12.8 Å². The molecule has 0 aromatic carbocycles. The number of methoxy groups -OCH3 is 2. The van der Waals surface area contributed by atoms with E-state index in [1.807, 2.05) is 0 Å². The van der Waals surface area contributed by atoms with E-state index in [0.717, 1.165) is 0 Å². The second-order valence-corrected chi connectivity index (χ2v) is 3.11. The minimum absolute atomic E-state index is 0.00884. The first-order valence-electron chi connectivity index (χ1n) is 4.61. The quantitative estimate of drug-likeness (QED) is 0.857. The van der Waals surface area contributed by atoms with Crippen LogP contribution < -0.4 is 9.47 Å². The van der Waals surface area contributed by atoms with E-state index in [-0.39, 0.29) is 17.2 Å². The number of pyridine rings is 1. The number of carboxylic acid groups (broad SMARTS) is 1. The lowest BCUT2D eigenvalue weighted by Crippen LogP contribution is -2.07. The molecule has 17 heavy (non-hydrogen) atoms. The number of ether oxygens (including phenoxy) is 2. The van der Waals surface area contributed by atoms with Crippen LogP contribution in [0.1, 0.15) is 17.8 Å². The van der Waals surface area contributed by atoms with Crippen molar-refractivity contribution in [3.8, 4) is 11.5 Å². The molecule has 1 N–H and O–H groups in total. The van der Waals surface area contributed by atoms with E-state index in [2.05, 4.69) is 4.98 Å². The van der Waals surface area contributed by atoms with Gasteiger partial charge in [0.25, 0.3) is 6.43 Å². The number of carbonyl (C=O) groups is 1. The Morgan fingerprint density at radius 2 is 2.12 bits per heavy atom. The molecule has 0 spiro atoms. The molecule has 1 rings (SSSR count). The molecule has 0 fully saturated rings. The summed E-state index contributed by atoms with van der Waals surface area (Å²) in [6.07, 6.45) is -3.33. The summed E-state index contributed by atoms with van der Waals surface area (Å²) < 4.78 is 35.0.